The second-order valence-electron chi connectivity index (χ2n) is 9.31. The molecule has 0 aliphatic rings. The summed E-state index contributed by atoms with van der Waals surface area (Å²) in [5.74, 6) is -0.497. The van der Waals surface area contributed by atoms with Crippen LogP contribution >= 0.6 is 0 Å². The van der Waals surface area contributed by atoms with Crippen molar-refractivity contribution in [3.05, 3.63) is 59.7 Å². The van der Waals surface area contributed by atoms with Crippen LogP contribution in [0, 0.1) is 0 Å². The van der Waals surface area contributed by atoms with E-state index in [1.165, 1.54) is 108 Å². The first-order chi connectivity index (χ1) is 17.1. The van der Waals surface area contributed by atoms with Gasteiger partial charge in [-0.3, -0.25) is 4.79 Å². The fraction of sp³-hybridized carbons (Fsp3) is 0.533. The Morgan fingerprint density at radius 1 is 0.657 bits per heavy atom. The van der Waals surface area contributed by atoms with E-state index in [1.54, 1.807) is 0 Å². The van der Waals surface area contributed by atoms with Gasteiger partial charge in [-0.25, -0.2) is 4.79 Å². The summed E-state index contributed by atoms with van der Waals surface area (Å²) in [6.07, 6.45) is 18.8. The zero-order valence-corrected chi connectivity index (χ0v) is 21.4. The van der Waals surface area contributed by atoms with E-state index in [4.69, 9.17) is 9.84 Å². The predicted molar refractivity (Wildman–Crippen MR) is 144 cm³/mol. The Morgan fingerprint density at radius 2 is 1.11 bits per heavy atom. The highest BCUT2D eigenvalue weighted by atomic mass is 16.5. The maximum atomic E-state index is 12.3. The van der Waals surface area contributed by atoms with Crippen molar-refractivity contribution in [2.24, 2.45) is 0 Å². The highest BCUT2D eigenvalue weighted by Gasteiger charge is 2.08. The number of rotatable bonds is 19. The van der Waals surface area contributed by atoms with Crippen LogP contribution in [0.5, 0.6) is 5.75 Å². The van der Waals surface area contributed by atoms with Gasteiger partial charge in [-0.15, -0.1) is 0 Å². The molecule has 192 valence electrons. The molecule has 0 aliphatic carbocycles. The third-order valence-corrected chi connectivity index (χ3v) is 6.27. The van der Waals surface area contributed by atoms with Gasteiger partial charge in [0.1, 0.15) is 5.75 Å². The molecule has 0 unspecified atom stereocenters. The molecule has 0 radical (unpaired) electrons. The van der Waals surface area contributed by atoms with Gasteiger partial charge in [0.15, 0.2) is 0 Å². The minimum absolute atomic E-state index is 0.154. The van der Waals surface area contributed by atoms with E-state index in [0.29, 0.717) is 17.9 Å². The van der Waals surface area contributed by atoms with Crippen molar-refractivity contribution >= 4 is 17.6 Å². The zero-order valence-electron chi connectivity index (χ0n) is 21.4. The largest absolute Gasteiger partial charge is 0.494 e. The van der Waals surface area contributed by atoms with Gasteiger partial charge in [-0.1, -0.05) is 90.4 Å². The van der Waals surface area contributed by atoms with Crippen molar-refractivity contribution in [3.63, 3.8) is 0 Å². The summed E-state index contributed by atoms with van der Waals surface area (Å²) in [6.45, 7) is 2.98. The lowest BCUT2D eigenvalue weighted by Gasteiger charge is -2.09. The highest BCUT2D eigenvalue weighted by molar-refractivity contribution is 6.04. The van der Waals surface area contributed by atoms with E-state index in [9.17, 15) is 9.59 Å². The number of carbonyl (C=O) groups is 2. The number of hydrogen-bond donors (Lipinski definition) is 2. The quantitative estimate of drug-likeness (QED) is 0.197. The molecule has 5 nitrogen and oxygen atoms in total. The third kappa shape index (κ3) is 12.4. The molecular formula is C30H43NO4. The van der Waals surface area contributed by atoms with Gasteiger partial charge in [0.05, 0.1) is 12.2 Å². The Kier molecular flexibility index (Phi) is 14.3. The Balaban J connectivity index is 1.48. The number of hydrogen-bond acceptors (Lipinski definition) is 3. The van der Waals surface area contributed by atoms with Crippen molar-refractivity contribution in [1.29, 1.82) is 0 Å². The molecule has 0 bridgehead atoms. The second-order valence-corrected chi connectivity index (χ2v) is 9.31. The Morgan fingerprint density at radius 3 is 1.60 bits per heavy atom. The minimum Gasteiger partial charge on any atom is -0.494 e. The number of anilines is 1. The first-order valence-electron chi connectivity index (χ1n) is 13.5. The monoisotopic (exact) mass is 481 g/mol. The van der Waals surface area contributed by atoms with Gasteiger partial charge in [-0.05, 0) is 55.0 Å². The number of unbranched alkanes of at least 4 members (excludes halogenated alkanes) is 13. The number of benzene rings is 2. The van der Waals surface area contributed by atoms with Crippen LogP contribution in [0.3, 0.4) is 0 Å². The SMILES string of the molecule is CCCCCCCCCCCCCCCCOc1ccc(NC(=O)c2ccc(C(=O)O)cc2)cc1. The smallest absolute Gasteiger partial charge is 0.335 e. The topological polar surface area (TPSA) is 75.6 Å². The van der Waals surface area contributed by atoms with Crippen LogP contribution in [-0.4, -0.2) is 23.6 Å². The molecule has 0 heterocycles. The van der Waals surface area contributed by atoms with E-state index in [-0.39, 0.29) is 11.5 Å². The normalized spacial score (nSPS) is 10.8. The first-order valence-corrected chi connectivity index (χ1v) is 13.5. The number of carbonyl (C=O) groups excluding carboxylic acids is 1. The summed E-state index contributed by atoms with van der Waals surface area (Å²) >= 11 is 0. The molecule has 0 spiro atoms. The van der Waals surface area contributed by atoms with Crippen LogP contribution in [-0.2, 0) is 0 Å². The number of amides is 1. The summed E-state index contributed by atoms with van der Waals surface area (Å²) in [4.78, 5) is 23.2. The molecule has 35 heavy (non-hydrogen) atoms. The fourth-order valence-electron chi connectivity index (χ4n) is 4.09. The maximum Gasteiger partial charge on any atom is 0.335 e. The summed E-state index contributed by atoms with van der Waals surface area (Å²) in [5, 5.41) is 11.8. The molecule has 0 aliphatic heterocycles. The van der Waals surface area contributed by atoms with E-state index < -0.39 is 5.97 Å². The van der Waals surface area contributed by atoms with Crippen molar-refractivity contribution in [1.82, 2.24) is 0 Å². The van der Waals surface area contributed by atoms with E-state index in [1.807, 2.05) is 24.3 Å². The number of nitrogens with one attached hydrogen (secondary N) is 1. The highest BCUT2D eigenvalue weighted by Crippen LogP contribution is 2.18. The van der Waals surface area contributed by atoms with Crippen LogP contribution < -0.4 is 10.1 Å². The average Bonchev–Trinajstić information content (AvgIpc) is 2.87. The molecule has 0 saturated heterocycles. The maximum absolute atomic E-state index is 12.3. The molecule has 0 aromatic heterocycles. The lowest BCUT2D eigenvalue weighted by Crippen LogP contribution is -2.12. The minimum atomic E-state index is -1.01. The lowest BCUT2D eigenvalue weighted by atomic mass is 10.0. The number of carboxylic acid groups (broad SMARTS) is 1. The fourth-order valence-corrected chi connectivity index (χ4v) is 4.09. The summed E-state index contributed by atoms with van der Waals surface area (Å²) in [7, 11) is 0. The third-order valence-electron chi connectivity index (χ3n) is 6.27. The average molecular weight is 482 g/mol. The van der Waals surface area contributed by atoms with Crippen LogP contribution in [0.15, 0.2) is 48.5 Å². The molecule has 2 aromatic carbocycles. The molecule has 5 heteroatoms. The van der Waals surface area contributed by atoms with Crippen LogP contribution in [0.1, 0.15) is 118 Å². The lowest BCUT2D eigenvalue weighted by molar-refractivity contribution is 0.0696. The zero-order chi connectivity index (χ0) is 25.1. The molecule has 0 atom stereocenters. The molecule has 1 amide bonds. The van der Waals surface area contributed by atoms with Crippen molar-refractivity contribution in [3.8, 4) is 5.75 Å². The van der Waals surface area contributed by atoms with Crippen LogP contribution in [0.4, 0.5) is 5.69 Å². The molecule has 2 aromatic rings. The predicted octanol–water partition coefficient (Wildman–Crippen LogP) is 8.50. The molecule has 2 N–H and O–H groups in total. The first kappa shape index (κ1) is 28.4. The van der Waals surface area contributed by atoms with Crippen molar-refractivity contribution in [2.45, 2.75) is 96.8 Å². The molecule has 0 fully saturated rings. The number of carboxylic acids is 1. The number of aromatic carboxylic acids is 1. The number of ether oxygens (including phenoxy) is 1. The standard InChI is InChI=1S/C30H43NO4/c1-2-3-4-5-6-7-8-9-10-11-12-13-14-15-24-35-28-22-20-27(21-23-28)31-29(32)25-16-18-26(19-17-25)30(33)34/h16-23H,2-15,24H2,1H3,(H,31,32)(H,33,34). The van der Waals surface area contributed by atoms with Gasteiger partial charge >= 0.3 is 5.97 Å². The second kappa shape index (κ2) is 17.6. The molecular weight excluding hydrogens is 438 g/mol. The van der Waals surface area contributed by atoms with E-state index in [2.05, 4.69) is 12.2 Å². The van der Waals surface area contributed by atoms with Gasteiger partial charge in [-0.2, -0.15) is 0 Å². The Bertz CT molecular complexity index is 846. The Labute approximate surface area is 211 Å². The molecule has 0 saturated carbocycles. The van der Waals surface area contributed by atoms with Crippen LogP contribution in [0.25, 0.3) is 0 Å². The van der Waals surface area contributed by atoms with E-state index in [0.717, 1.165) is 12.2 Å². The van der Waals surface area contributed by atoms with Crippen LogP contribution in [0.2, 0.25) is 0 Å². The molecule has 2 rings (SSSR count). The van der Waals surface area contributed by atoms with Gasteiger partial charge in [0.2, 0.25) is 0 Å². The van der Waals surface area contributed by atoms with E-state index >= 15 is 0 Å². The Hall–Kier alpha value is -2.82. The van der Waals surface area contributed by atoms with Gasteiger partial charge in [0.25, 0.3) is 5.91 Å². The van der Waals surface area contributed by atoms with Gasteiger partial charge < -0.3 is 15.2 Å². The summed E-state index contributed by atoms with van der Waals surface area (Å²) < 4.78 is 5.82. The van der Waals surface area contributed by atoms with Crippen molar-refractivity contribution < 1.29 is 19.4 Å². The van der Waals surface area contributed by atoms with Gasteiger partial charge in [0, 0.05) is 11.3 Å². The van der Waals surface area contributed by atoms with Crippen molar-refractivity contribution in [2.75, 3.05) is 11.9 Å². The summed E-state index contributed by atoms with van der Waals surface area (Å²) in [6, 6.07) is 13.2. The summed E-state index contributed by atoms with van der Waals surface area (Å²) in [5.41, 5.74) is 1.23.